The Morgan fingerprint density at radius 2 is 2.11 bits per heavy atom. The van der Waals surface area contributed by atoms with Gasteiger partial charge in [-0.15, -0.1) is 0 Å². The monoisotopic (exact) mass is 247 g/mol. The lowest BCUT2D eigenvalue weighted by atomic mass is 10.1. The smallest absolute Gasteiger partial charge is 0.269 e. The molecule has 1 aliphatic heterocycles. The number of nitrogens with one attached hydrogen (secondary N) is 1. The van der Waals surface area contributed by atoms with Gasteiger partial charge >= 0.3 is 0 Å². The Morgan fingerprint density at radius 3 is 2.83 bits per heavy atom. The van der Waals surface area contributed by atoms with E-state index < -0.39 is 4.92 Å². The number of non-ortho nitro benzene ring substituents is 1. The highest BCUT2D eigenvalue weighted by Gasteiger charge is 2.09. The van der Waals surface area contributed by atoms with Crippen LogP contribution in [-0.4, -0.2) is 30.3 Å². The zero-order valence-corrected chi connectivity index (χ0v) is 10.2. The first-order valence-electron chi connectivity index (χ1n) is 6.24. The molecule has 5 nitrogen and oxygen atoms in total. The average Bonchev–Trinajstić information content (AvgIpc) is 2.65. The van der Waals surface area contributed by atoms with Gasteiger partial charge in [-0.2, -0.15) is 0 Å². The van der Waals surface area contributed by atoms with Crippen LogP contribution in [0.3, 0.4) is 0 Å². The van der Waals surface area contributed by atoms with E-state index in [0.717, 1.165) is 25.1 Å². The van der Waals surface area contributed by atoms with Crippen molar-refractivity contribution in [1.82, 2.24) is 5.32 Å². The molecular formula is C13H17N3O2. The Bertz CT molecular complexity index is 420. The van der Waals surface area contributed by atoms with Crippen molar-refractivity contribution < 1.29 is 4.92 Å². The fourth-order valence-corrected chi connectivity index (χ4v) is 2.00. The molecule has 1 fully saturated rings. The number of aliphatic imine (C=N–C) groups is 1. The second-order valence-electron chi connectivity index (χ2n) is 4.48. The van der Waals surface area contributed by atoms with Crippen molar-refractivity contribution in [2.24, 2.45) is 4.99 Å². The van der Waals surface area contributed by atoms with Crippen LogP contribution in [0, 0.1) is 10.1 Å². The summed E-state index contributed by atoms with van der Waals surface area (Å²) in [5.74, 6) is 0. The molecule has 0 saturated carbocycles. The minimum Gasteiger partial charge on any atom is -0.315 e. The topological polar surface area (TPSA) is 67.5 Å². The third-order valence-electron chi connectivity index (χ3n) is 3.06. The van der Waals surface area contributed by atoms with Gasteiger partial charge in [-0.3, -0.25) is 15.1 Å². The standard InChI is InChI=1S/C13H17N3O2/c17-16(18)13-6-4-11(5-7-13)9-15-12-3-1-2-8-14-10-12/h4-7,9,12,14H,1-3,8,10H2. The highest BCUT2D eigenvalue weighted by atomic mass is 16.6. The summed E-state index contributed by atoms with van der Waals surface area (Å²) >= 11 is 0. The number of hydrogen-bond acceptors (Lipinski definition) is 4. The Labute approximate surface area is 106 Å². The van der Waals surface area contributed by atoms with Crippen molar-refractivity contribution in [2.45, 2.75) is 25.3 Å². The molecule has 0 aromatic heterocycles. The van der Waals surface area contributed by atoms with E-state index in [4.69, 9.17) is 0 Å². The molecule has 1 atom stereocenters. The van der Waals surface area contributed by atoms with E-state index in [1.165, 1.54) is 25.0 Å². The Hall–Kier alpha value is -1.75. The summed E-state index contributed by atoms with van der Waals surface area (Å²) in [5.41, 5.74) is 1.02. The zero-order chi connectivity index (χ0) is 12.8. The first-order chi connectivity index (χ1) is 8.75. The highest BCUT2D eigenvalue weighted by molar-refractivity contribution is 5.80. The molecule has 2 rings (SSSR count). The molecule has 0 radical (unpaired) electrons. The lowest BCUT2D eigenvalue weighted by Crippen LogP contribution is -2.23. The molecule has 1 aromatic carbocycles. The zero-order valence-electron chi connectivity index (χ0n) is 10.2. The number of hydrogen-bond donors (Lipinski definition) is 1. The summed E-state index contributed by atoms with van der Waals surface area (Å²) in [6.45, 7) is 1.99. The van der Waals surface area contributed by atoms with Gasteiger partial charge in [0.05, 0.1) is 11.0 Å². The number of nitrogens with zero attached hydrogens (tertiary/aromatic N) is 2. The number of rotatable bonds is 3. The van der Waals surface area contributed by atoms with Crippen molar-refractivity contribution in [3.63, 3.8) is 0 Å². The van der Waals surface area contributed by atoms with Crippen LogP contribution in [0.5, 0.6) is 0 Å². The van der Waals surface area contributed by atoms with Gasteiger partial charge in [0, 0.05) is 24.9 Å². The fraction of sp³-hybridized carbons (Fsp3) is 0.462. The molecule has 0 aliphatic carbocycles. The largest absolute Gasteiger partial charge is 0.315 e. The molecule has 96 valence electrons. The fourth-order valence-electron chi connectivity index (χ4n) is 2.00. The van der Waals surface area contributed by atoms with Gasteiger partial charge in [-0.05, 0) is 37.1 Å². The summed E-state index contributed by atoms with van der Waals surface area (Å²) in [7, 11) is 0. The quantitative estimate of drug-likeness (QED) is 0.505. The summed E-state index contributed by atoms with van der Waals surface area (Å²) in [4.78, 5) is 14.7. The molecule has 5 heteroatoms. The van der Waals surface area contributed by atoms with E-state index in [9.17, 15) is 10.1 Å². The average molecular weight is 247 g/mol. The van der Waals surface area contributed by atoms with E-state index in [2.05, 4.69) is 10.3 Å². The number of nitro benzene ring substituents is 1. The van der Waals surface area contributed by atoms with Gasteiger partial charge in [0.2, 0.25) is 0 Å². The van der Waals surface area contributed by atoms with Crippen LogP contribution in [0.4, 0.5) is 5.69 Å². The van der Waals surface area contributed by atoms with Crippen molar-refractivity contribution >= 4 is 11.9 Å². The second kappa shape index (κ2) is 6.26. The van der Waals surface area contributed by atoms with E-state index in [1.807, 2.05) is 0 Å². The third-order valence-corrected chi connectivity index (χ3v) is 3.06. The van der Waals surface area contributed by atoms with Crippen LogP contribution in [0.1, 0.15) is 24.8 Å². The molecule has 1 unspecified atom stereocenters. The van der Waals surface area contributed by atoms with Crippen LogP contribution in [-0.2, 0) is 0 Å². The van der Waals surface area contributed by atoms with Crippen LogP contribution >= 0.6 is 0 Å². The molecule has 0 bridgehead atoms. The maximum atomic E-state index is 10.5. The van der Waals surface area contributed by atoms with Gasteiger partial charge in [-0.25, -0.2) is 0 Å². The van der Waals surface area contributed by atoms with Crippen LogP contribution in [0.15, 0.2) is 29.3 Å². The number of benzene rings is 1. The van der Waals surface area contributed by atoms with Gasteiger partial charge in [0.25, 0.3) is 5.69 Å². The number of nitro groups is 1. The lowest BCUT2D eigenvalue weighted by molar-refractivity contribution is -0.384. The first-order valence-corrected chi connectivity index (χ1v) is 6.24. The van der Waals surface area contributed by atoms with Gasteiger partial charge in [0.15, 0.2) is 0 Å². The lowest BCUT2D eigenvalue weighted by Gasteiger charge is -2.07. The molecule has 18 heavy (non-hydrogen) atoms. The summed E-state index contributed by atoms with van der Waals surface area (Å²) < 4.78 is 0. The van der Waals surface area contributed by atoms with Gasteiger partial charge < -0.3 is 5.32 Å². The van der Waals surface area contributed by atoms with Crippen LogP contribution in [0.2, 0.25) is 0 Å². The van der Waals surface area contributed by atoms with E-state index in [0.29, 0.717) is 6.04 Å². The molecule has 0 spiro atoms. The molecular weight excluding hydrogens is 230 g/mol. The van der Waals surface area contributed by atoms with E-state index in [1.54, 1.807) is 18.3 Å². The minimum atomic E-state index is -0.393. The molecule has 1 aromatic rings. The highest BCUT2D eigenvalue weighted by Crippen LogP contribution is 2.12. The molecule has 1 saturated heterocycles. The summed E-state index contributed by atoms with van der Waals surface area (Å²) in [6.07, 6.45) is 5.33. The van der Waals surface area contributed by atoms with Crippen molar-refractivity contribution in [3.05, 3.63) is 39.9 Å². The van der Waals surface area contributed by atoms with Crippen LogP contribution in [0.25, 0.3) is 0 Å². The van der Waals surface area contributed by atoms with E-state index in [-0.39, 0.29) is 5.69 Å². The predicted octanol–water partition coefficient (Wildman–Crippen LogP) is 2.16. The Morgan fingerprint density at radius 1 is 1.33 bits per heavy atom. The van der Waals surface area contributed by atoms with E-state index >= 15 is 0 Å². The molecule has 1 heterocycles. The molecule has 1 aliphatic rings. The summed E-state index contributed by atoms with van der Waals surface area (Å²) in [6, 6.07) is 6.79. The Balaban J connectivity index is 1.97. The van der Waals surface area contributed by atoms with Crippen molar-refractivity contribution in [3.8, 4) is 0 Å². The maximum absolute atomic E-state index is 10.5. The normalized spacial score (nSPS) is 20.8. The van der Waals surface area contributed by atoms with Crippen molar-refractivity contribution in [2.75, 3.05) is 13.1 Å². The molecule has 0 amide bonds. The first kappa shape index (κ1) is 12.7. The minimum absolute atomic E-state index is 0.114. The summed E-state index contributed by atoms with van der Waals surface area (Å²) in [5, 5.41) is 13.9. The van der Waals surface area contributed by atoms with Crippen molar-refractivity contribution in [1.29, 1.82) is 0 Å². The SMILES string of the molecule is O=[N+]([O-])c1ccc(C=NC2CCCCNC2)cc1. The van der Waals surface area contributed by atoms with Crippen LogP contribution < -0.4 is 5.32 Å². The molecule has 1 N–H and O–H groups in total. The van der Waals surface area contributed by atoms with Gasteiger partial charge in [-0.1, -0.05) is 6.42 Å². The maximum Gasteiger partial charge on any atom is 0.269 e. The predicted molar refractivity (Wildman–Crippen MR) is 71.2 cm³/mol. The second-order valence-corrected chi connectivity index (χ2v) is 4.48. The Kier molecular flexibility index (Phi) is 4.41. The van der Waals surface area contributed by atoms with Gasteiger partial charge in [0.1, 0.15) is 0 Å². The third kappa shape index (κ3) is 3.63.